The van der Waals surface area contributed by atoms with Crippen molar-refractivity contribution in [1.29, 1.82) is 0 Å². The van der Waals surface area contributed by atoms with Crippen LogP contribution < -0.4 is 21.1 Å². The molecule has 8 nitrogen and oxygen atoms in total. The van der Waals surface area contributed by atoms with Crippen LogP contribution in [0.2, 0.25) is 0 Å². The highest BCUT2D eigenvalue weighted by molar-refractivity contribution is 5.92. The lowest BCUT2D eigenvalue weighted by Crippen LogP contribution is -2.49. The van der Waals surface area contributed by atoms with E-state index in [1.165, 1.54) is 0 Å². The summed E-state index contributed by atoms with van der Waals surface area (Å²) in [6.07, 6.45) is 5.01. The SMILES string of the molecule is Cc1cc(C)cc(NC(=O)Cc2ccc(OC3(C(=O)NCCCC[C@H](N)C(=O)O)CCCC3)cc2)c1. The van der Waals surface area contributed by atoms with Crippen LogP contribution in [0.4, 0.5) is 5.69 Å². The maximum absolute atomic E-state index is 13.0. The number of anilines is 1. The number of carboxylic acids is 1. The summed E-state index contributed by atoms with van der Waals surface area (Å²) in [4.78, 5) is 36.3. The molecule has 0 aliphatic heterocycles. The minimum Gasteiger partial charge on any atom is -0.480 e. The Morgan fingerprint density at radius 1 is 1.03 bits per heavy atom. The van der Waals surface area contributed by atoms with E-state index in [1.807, 2.05) is 38.1 Å². The summed E-state index contributed by atoms with van der Waals surface area (Å²) in [7, 11) is 0. The smallest absolute Gasteiger partial charge is 0.320 e. The van der Waals surface area contributed by atoms with Crippen LogP contribution in [0.1, 0.15) is 61.6 Å². The van der Waals surface area contributed by atoms with Gasteiger partial charge >= 0.3 is 5.97 Å². The Labute approximate surface area is 212 Å². The Morgan fingerprint density at radius 3 is 2.28 bits per heavy atom. The number of aryl methyl sites for hydroxylation is 2. The fourth-order valence-electron chi connectivity index (χ4n) is 4.64. The van der Waals surface area contributed by atoms with Crippen molar-refractivity contribution < 1.29 is 24.2 Å². The molecule has 36 heavy (non-hydrogen) atoms. The third-order valence-electron chi connectivity index (χ3n) is 6.48. The number of amides is 2. The monoisotopic (exact) mass is 495 g/mol. The van der Waals surface area contributed by atoms with Crippen molar-refractivity contribution in [1.82, 2.24) is 5.32 Å². The first-order chi connectivity index (χ1) is 17.2. The number of carbonyl (C=O) groups is 3. The molecule has 8 heteroatoms. The van der Waals surface area contributed by atoms with Crippen LogP contribution in [0.3, 0.4) is 0 Å². The fraction of sp³-hybridized carbons (Fsp3) is 0.464. The first-order valence-electron chi connectivity index (χ1n) is 12.6. The van der Waals surface area contributed by atoms with Crippen LogP contribution in [-0.4, -0.2) is 41.1 Å². The minimum atomic E-state index is -1.01. The maximum atomic E-state index is 13.0. The fourth-order valence-corrected chi connectivity index (χ4v) is 4.64. The van der Waals surface area contributed by atoms with E-state index in [9.17, 15) is 14.4 Å². The summed E-state index contributed by atoms with van der Waals surface area (Å²) in [5.74, 6) is -0.646. The highest BCUT2D eigenvalue weighted by Gasteiger charge is 2.43. The second-order valence-corrected chi connectivity index (χ2v) is 9.75. The van der Waals surface area contributed by atoms with Gasteiger partial charge in [-0.3, -0.25) is 14.4 Å². The lowest BCUT2D eigenvalue weighted by molar-refractivity contribution is -0.139. The van der Waals surface area contributed by atoms with Gasteiger partial charge in [-0.2, -0.15) is 0 Å². The topological polar surface area (TPSA) is 131 Å². The van der Waals surface area contributed by atoms with Gasteiger partial charge in [0.25, 0.3) is 5.91 Å². The third-order valence-corrected chi connectivity index (χ3v) is 6.48. The summed E-state index contributed by atoms with van der Waals surface area (Å²) in [5.41, 5.74) is 8.45. The molecule has 2 amide bonds. The molecule has 0 radical (unpaired) electrons. The molecule has 0 aromatic heterocycles. The molecule has 1 saturated carbocycles. The molecular formula is C28H37N3O5. The number of rotatable bonds is 12. The quantitative estimate of drug-likeness (QED) is 0.331. The normalized spacial score (nSPS) is 15.2. The molecule has 0 spiro atoms. The second kappa shape index (κ2) is 12.5. The minimum absolute atomic E-state index is 0.0929. The molecule has 1 fully saturated rings. The molecule has 0 bridgehead atoms. The number of ether oxygens (including phenoxy) is 1. The van der Waals surface area contributed by atoms with Crippen molar-refractivity contribution in [2.45, 2.75) is 76.9 Å². The number of aliphatic carboxylic acids is 1. The van der Waals surface area contributed by atoms with Gasteiger partial charge < -0.3 is 26.2 Å². The Balaban J connectivity index is 1.51. The van der Waals surface area contributed by atoms with E-state index >= 15 is 0 Å². The largest absolute Gasteiger partial charge is 0.480 e. The molecule has 0 heterocycles. The lowest BCUT2D eigenvalue weighted by Gasteiger charge is -2.29. The number of nitrogens with two attached hydrogens (primary N) is 1. The summed E-state index contributed by atoms with van der Waals surface area (Å²) < 4.78 is 6.22. The second-order valence-electron chi connectivity index (χ2n) is 9.75. The molecule has 2 aromatic rings. The average Bonchev–Trinajstić information content (AvgIpc) is 3.28. The van der Waals surface area contributed by atoms with Crippen molar-refractivity contribution >= 4 is 23.5 Å². The molecule has 194 valence electrons. The zero-order chi connectivity index (χ0) is 26.1. The van der Waals surface area contributed by atoms with E-state index in [0.29, 0.717) is 44.4 Å². The number of carbonyl (C=O) groups excluding carboxylic acids is 2. The van der Waals surface area contributed by atoms with E-state index in [1.54, 1.807) is 12.1 Å². The number of hydrogen-bond acceptors (Lipinski definition) is 5. The predicted molar refractivity (Wildman–Crippen MR) is 139 cm³/mol. The van der Waals surface area contributed by atoms with Crippen molar-refractivity contribution in [2.24, 2.45) is 5.73 Å². The van der Waals surface area contributed by atoms with E-state index in [2.05, 4.69) is 16.7 Å². The van der Waals surface area contributed by atoms with Gasteiger partial charge in [0.1, 0.15) is 11.8 Å². The molecule has 3 rings (SSSR count). The highest BCUT2D eigenvalue weighted by Crippen LogP contribution is 2.35. The zero-order valence-electron chi connectivity index (χ0n) is 21.1. The number of carboxylic acid groups (broad SMARTS) is 1. The molecule has 5 N–H and O–H groups in total. The van der Waals surface area contributed by atoms with E-state index in [0.717, 1.165) is 35.2 Å². The zero-order valence-corrected chi connectivity index (χ0v) is 21.1. The Morgan fingerprint density at radius 2 is 1.67 bits per heavy atom. The first-order valence-corrected chi connectivity index (χ1v) is 12.6. The summed E-state index contributed by atoms with van der Waals surface area (Å²) >= 11 is 0. The standard InChI is InChI=1S/C28H37N3O5/c1-19-15-20(2)17-22(16-19)31-25(32)18-21-8-10-23(11-9-21)36-28(12-4-5-13-28)27(35)30-14-6-3-7-24(29)26(33)34/h8-11,15-17,24H,3-7,12-14,18,29H2,1-2H3,(H,30,35)(H,31,32)(H,33,34)/t24-/m0/s1. The Kier molecular flexibility index (Phi) is 9.47. The number of benzene rings is 2. The first kappa shape index (κ1) is 27.2. The summed E-state index contributed by atoms with van der Waals surface area (Å²) in [5, 5.41) is 14.8. The van der Waals surface area contributed by atoms with Crippen molar-refractivity contribution in [3.05, 3.63) is 59.2 Å². The van der Waals surface area contributed by atoms with Crippen LogP contribution in [0.25, 0.3) is 0 Å². The van der Waals surface area contributed by atoms with Crippen LogP contribution >= 0.6 is 0 Å². The molecule has 0 saturated heterocycles. The van der Waals surface area contributed by atoms with Crippen LogP contribution in [0.5, 0.6) is 5.75 Å². The van der Waals surface area contributed by atoms with Crippen LogP contribution in [-0.2, 0) is 20.8 Å². The van der Waals surface area contributed by atoms with Gasteiger partial charge in [0, 0.05) is 12.2 Å². The van der Waals surface area contributed by atoms with E-state index < -0.39 is 17.6 Å². The van der Waals surface area contributed by atoms with E-state index in [4.69, 9.17) is 15.6 Å². The van der Waals surface area contributed by atoms with Crippen molar-refractivity contribution in [2.75, 3.05) is 11.9 Å². The highest BCUT2D eigenvalue weighted by atomic mass is 16.5. The van der Waals surface area contributed by atoms with Crippen molar-refractivity contribution in [3.63, 3.8) is 0 Å². The van der Waals surface area contributed by atoms with Gasteiger partial charge in [0.2, 0.25) is 5.91 Å². The van der Waals surface area contributed by atoms with Gasteiger partial charge in [0.05, 0.1) is 6.42 Å². The number of hydrogen-bond donors (Lipinski definition) is 4. The third kappa shape index (κ3) is 7.81. The van der Waals surface area contributed by atoms with Crippen LogP contribution in [0.15, 0.2) is 42.5 Å². The molecular weight excluding hydrogens is 458 g/mol. The Hall–Kier alpha value is -3.39. The van der Waals surface area contributed by atoms with Crippen LogP contribution in [0, 0.1) is 13.8 Å². The lowest BCUT2D eigenvalue weighted by atomic mass is 10.0. The van der Waals surface area contributed by atoms with Crippen molar-refractivity contribution in [3.8, 4) is 5.75 Å². The Bertz CT molecular complexity index is 1040. The molecule has 1 atom stereocenters. The van der Waals surface area contributed by atoms with Gasteiger partial charge in [-0.15, -0.1) is 0 Å². The number of nitrogens with one attached hydrogen (secondary N) is 2. The maximum Gasteiger partial charge on any atom is 0.320 e. The number of unbranched alkanes of at least 4 members (excludes halogenated alkanes) is 1. The summed E-state index contributed by atoms with van der Waals surface area (Å²) in [6, 6.07) is 12.4. The van der Waals surface area contributed by atoms with Gasteiger partial charge in [-0.05, 0) is 99.7 Å². The predicted octanol–water partition coefficient (Wildman–Crippen LogP) is 3.87. The average molecular weight is 496 g/mol. The molecule has 2 aromatic carbocycles. The molecule has 1 aliphatic carbocycles. The molecule has 1 aliphatic rings. The van der Waals surface area contributed by atoms with E-state index in [-0.39, 0.29) is 18.2 Å². The van der Waals surface area contributed by atoms with Gasteiger partial charge in [-0.1, -0.05) is 18.2 Å². The summed E-state index contributed by atoms with van der Waals surface area (Å²) in [6.45, 7) is 4.44. The van der Waals surface area contributed by atoms with Gasteiger partial charge in [-0.25, -0.2) is 0 Å². The van der Waals surface area contributed by atoms with Gasteiger partial charge in [0.15, 0.2) is 5.60 Å². The molecule has 0 unspecified atom stereocenters.